The number of fused-ring (bicyclic) bond motifs is 1. The van der Waals surface area contributed by atoms with E-state index in [1.54, 1.807) is 25.3 Å². The van der Waals surface area contributed by atoms with Crippen molar-refractivity contribution in [2.45, 2.75) is 30.8 Å². The molecule has 30 heavy (non-hydrogen) atoms. The summed E-state index contributed by atoms with van der Waals surface area (Å²) in [6.07, 6.45) is 0. The van der Waals surface area contributed by atoms with Crippen molar-refractivity contribution in [1.29, 1.82) is 0 Å². The van der Waals surface area contributed by atoms with Crippen molar-refractivity contribution >= 4 is 23.4 Å². The first-order chi connectivity index (χ1) is 14.6. The Morgan fingerprint density at radius 1 is 1.23 bits per heavy atom. The minimum atomic E-state index is -0.379. The van der Waals surface area contributed by atoms with E-state index in [2.05, 4.69) is 15.5 Å². The summed E-state index contributed by atoms with van der Waals surface area (Å²) < 4.78 is 18.1. The molecule has 0 bridgehead atoms. The number of nitrogens with zero attached hydrogens (tertiary/aromatic N) is 3. The van der Waals surface area contributed by atoms with E-state index in [4.69, 9.17) is 14.2 Å². The number of methoxy groups -OCH3 is 1. The molecule has 1 aliphatic rings. The molecule has 0 aliphatic carbocycles. The normalized spacial score (nSPS) is 13.2. The van der Waals surface area contributed by atoms with Crippen molar-refractivity contribution in [2.24, 2.45) is 0 Å². The second kappa shape index (κ2) is 8.66. The summed E-state index contributed by atoms with van der Waals surface area (Å²) in [6, 6.07) is 13.0. The number of rotatable bonds is 7. The van der Waals surface area contributed by atoms with Gasteiger partial charge >= 0.3 is 0 Å². The van der Waals surface area contributed by atoms with Crippen LogP contribution >= 0.6 is 11.8 Å². The van der Waals surface area contributed by atoms with Crippen LogP contribution in [0.5, 0.6) is 17.2 Å². The Morgan fingerprint density at radius 3 is 2.83 bits per heavy atom. The third-order valence-corrected chi connectivity index (χ3v) is 5.75. The summed E-state index contributed by atoms with van der Waals surface area (Å²) in [5, 5.41) is 11.9. The zero-order valence-electron chi connectivity index (χ0n) is 16.9. The summed E-state index contributed by atoms with van der Waals surface area (Å²) in [5.41, 5.74) is 1.52. The molecule has 1 aromatic heterocycles. The molecular weight excluding hydrogens is 404 g/mol. The zero-order chi connectivity index (χ0) is 21.1. The van der Waals surface area contributed by atoms with Gasteiger partial charge in [-0.1, -0.05) is 23.9 Å². The molecular formula is C21H22N4O4S. The second-order valence-corrected chi connectivity index (χ2v) is 7.88. The molecule has 0 saturated heterocycles. The van der Waals surface area contributed by atoms with Gasteiger partial charge < -0.3 is 24.1 Å². The molecule has 0 radical (unpaired) electrons. The van der Waals surface area contributed by atoms with E-state index in [9.17, 15) is 4.79 Å². The topological polar surface area (TPSA) is 87.5 Å². The van der Waals surface area contributed by atoms with Gasteiger partial charge in [-0.2, -0.15) is 0 Å². The van der Waals surface area contributed by atoms with Crippen LogP contribution in [0.25, 0.3) is 11.4 Å². The SMILES string of the molecule is CCn1c(S[C@H](C)C(=O)Nc2ccc3c(c2)OCO3)nnc1-c1ccccc1OC. The second-order valence-electron chi connectivity index (χ2n) is 6.57. The van der Waals surface area contributed by atoms with Crippen LogP contribution in [-0.4, -0.2) is 39.8 Å². The lowest BCUT2D eigenvalue weighted by Gasteiger charge is -2.13. The van der Waals surface area contributed by atoms with Crippen molar-refractivity contribution < 1.29 is 19.0 Å². The van der Waals surface area contributed by atoms with Gasteiger partial charge in [0.2, 0.25) is 12.7 Å². The van der Waals surface area contributed by atoms with Crippen molar-refractivity contribution in [2.75, 3.05) is 19.2 Å². The number of aromatic nitrogens is 3. The lowest BCUT2D eigenvalue weighted by molar-refractivity contribution is -0.115. The molecule has 1 N–H and O–H groups in total. The number of carbonyl (C=O) groups excluding carboxylic acids is 1. The van der Waals surface area contributed by atoms with Crippen LogP contribution in [0.2, 0.25) is 0 Å². The van der Waals surface area contributed by atoms with Crippen LogP contribution in [0.15, 0.2) is 47.6 Å². The first-order valence-electron chi connectivity index (χ1n) is 9.54. The number of ether oxygens (including phenoxy) is 3. The lowest BCUT2D eigenvalue weighted by Crippen LogP contribution is -2.23. The molecule has 4 rings (SSSR count). The van der Waals surface area contributed by atoms with Gasteiger partial charge in [0.15, 0.2) is 22.5 Å². The van der Waals surface area contributed by atoms with Gasteiger partial charge in [0.1, 0.15) is 5.75 Å². The van der Waals surface area contributed by atoms with Crippen molar-refractivity contribution in [3.63, 3.8) is 0 Å². The number of anilines is 1. The Bertz CT molecular complexity index is 1070. The van der Waals surface area contributed by atoms with E-state index in [1.165, 1.54) is 11.8 Å². The molecule has 0 unspecified atom stereocenters. The van der Waals surface area contributed by atoms with Gasteiger partial charge in [-0.05, 0) is 38.1 Å². The first kappa shape index (κ1) is 20.1. The van der Waals surface area contributed by atoms with Crippen molar-refractivity contribution in [3.8, 4) is 28.6 Å². The quantitative estimate of drug-likeness (QED) is 0.575. The molecule has 1 atom stereocenters. The molecule has 0 fully saturated rings. The third-order valence-electron chi connectivity index (χ3n) is 4.67. The van der Waals surface area contributed by atoms with Gasteiger partial charge in [0.25, 0.3) is 0 Å². The highest BCUT2D eigenvalue weighted by molar-refractivity contribution is 8.00. The average Bonchev–Trinajstić information content (AvgIpc) is 3.39. The van der Waals surface area contributed by atoms with Crippen LogP contribution in [0.4, 0.5) is 5.69 Å². The predicted octanol–water partition coefficient (Wildman–Crippen LogP) is 3.82. The highest BCUT2D eigenvalue weighted by Crippen LogP contribution is 2.35. The highest BCUT2D eigenvalue weighted by Gasteiger charge is 2.22. The number of para-hydroxylation sites is 1. The molecule has 1 amide bonds. The Morgan fingerprint density at radius 2 is 2.03 bits per heavy atom. The predicted molar refractivity (Wildman–Crippen MR) is 114 cm³/mol. The zero-order valence-corrected chi connectivity index (χ0v) is 17.7. The molecule has 9 heteroatoms. The number of thioether (sulfide) groups is 1. The third kappa shape index (κ3) is 3.93. The highest BCUT2D eigenvalue weighted by atomic mass is 32.2. The van der Waals surface area contributed by atoms with Gasteiger partial charge in [-0.25, -0.2) is 0 Å². The Balaban J connectivity index is 1.50. The smallest absolute Gasteiger partial charge is 0.237 e. The fourth-order valence-corrected chi connectivity index (χ4v) is 4.03. The van der Waals surface area contributed by atoms with Crippen LogP contribution in [-0.2, 0) is 11.3 Å². The molecule has 1 aliphatic heterocycles. The minimum absolute atomic E-state index is 0.136. The van der Waals surface area contributed by atoms with Crippen LogP contribution in [0.3, 0.4) is 0 Å². The number of hydrogen-bond acceptors (Lipinski definition) is 7. The van der Waals surface area contributed by atoms with Gasteiger partial charge in [-0.15, -0.1) is 10.2 Å². The van der Waals surface area contributed by atoms with E-state index in [1.807, 2.05) is 42.7 Å². The van der Waals surface area contributed by atoms with Crippen LogP contribution in [0.1, 0.15) is 13.8 Å². The van der Waals surface area contributed by atoms with E-state index in [0.717, 1.165) is 11.3 Å². The molecule has 2 aromatic carbocycles. The molecule has 156 valence electrons. The Hall–Kier alpha value is -3.20. The molecule has 8 nitrogen and oxygen atoms in total. The summed E-state index contributed by atoms with van der Waals surface area (Å²) in [5.74, 6) is 2.60. The number of benzene rings is 2. The molecule has 3 aromatic rings. The van der Waals surface area contributed by atoms with Crippen LogP contribution in [0, 0.1) is 0 Å². The minimum Gasteiger partial charge on any atom is -0.496 e. The number of nitrogens with one attached hydrogen (secondary N) is 1. The summed E-state index contributed by atoms with van der Waals surface area (Å²) in [7, 11) is 1.63. The maximum absolute atomic E-state index is 12.7. The average molecular weight is 426 g/mol. The summed E-state index contributed by atoms with van der Waals surface area (Å²) in [6.45, 7) is 4.72. The van der Waals surface area contributed by atoms with E-state index < -0.39 is 0 Å². The Kier molecular flexibility index (Phi) is 5.80. The summed E-state index contributed by atoms with van der Waals surface area (Å²) in [4.78, 5) is 12.7. The largest absolute Gasteiger partial charge is 0.496 e. The first-order valence-corrected chi connectivity index (χ1v) is 10.4. The fourth-order valence-electron chi connectivity index (χ4n) is 3.12. The maximum Gasteiger partial charge on any atom is 0.237 e. The number of hydrogen-bond donors (Lipinski definition) is 1. The maximum atomic E-state index is 12.7. The number of carbonyl (C=O) groups is 1. The monoisotopic (exact) mass is 426 g/mol. The van der Waals surface area contributed by atoms with E-state index in [0.29, 0.717) is 34.7 Å². The molecule has 0 saturated carbocycles. The van der Waals surface area contributed by atoms with Crippen LogP contribution < -0.4 is 19.5 Å². The summed E-state index contributed by atoms with van der Waals surface area (Å²) >= 11 is 1.36. The Labute approximate surface area is 178 Å². The molecule has 2 heterocycles. The van der Waals surface area contributed by atoms with Crippen molar-refractivity contribution in [1.82, 2.24) is 14.8 Å². The van der Waals surface area contributed by atoms with Gasteiger partial charge in [0, 0.05) is 18.3 Å². The fraction of sp³-hybridized carbons (Fsp3) is 0.286. The van der Waals surface area contributed by atoms with Crippen molar-refractivity contribution in [3.05, 3.63) is 42.5 Å². The molecule has 0 spiro atoms. The van der Waals surface area contributed by atoms with E-state index in [-0.39, 0.29) is 18.0 Å². The number of amides is 1. The standard InChI is InChI=1S/C21H22N4O4S/c1-4-25-19(15-7-5-6-8-16(15)27-3)23-24-21(25)30-13(2)20(26)22-14-9-10-17-18(11-14)29-12-28-17/h5-11,13H,4,12H2,1-3H3,(H,22,26)/t13-/m1/s1. The van der Waals surface area contributed by atoms with Gasteiger partial charge in [0.05, 0.1) is 17.9 Å². The van der Waals surface area contributed by atoms with E-state index >= 15 is 0 Å². The lowest BCUT2D eigenvalue weighted by atomic mass is 10.2. The van der Waals surface area contributed by atoms with Gasteiger partial charge in [-0.3, -0.25) is 4.79 Å².